The second-order valence-corrected chi connectivity index (χ2v) is 6.88. The normalized spacial score (nSPS) is 13.1. The summed E-state index contributed by atoms with van der Waals surface area (Å²) in [5, 5.41) is 0. The third-order valence-electron chi connectivity index (χ3n) is 4.78. The van der Waals surface area contributed by atoms with Gasteiger partial charge in [-0.1, -0.05) is 37.6 Å². The van der Waals surface area contributed by atoms with Crippen molar-refractivity contribution >= 4 is 5.91 Å². The lowest BCUT2D eigenvalue weighted by Crippen LogP contribution is -2.26. The first-order valence-corrected chi connectivity index (χ1v) is 8.58. The Morgan fingerprint density at radius 2 is 1.68 bits per heavy atom. The average Bonchev–Trinajstić information content (AvgIpc) is 3.02. The van der Waals surface area contributed by atoms with E-state index >= 15 is 0 Å². The number of nitrogens with zero attached hydrogens (tertiary/aromatic N) is 1. The Morgan fingerprint density at radius 1 is 1.00 bits per heavy atom. The average molecular weight is 339 g/mol. The van der Waals surface area contributed by atoms with E-state index in [0.717, 1.165) is 11.3 Å². The highest BCUT2D eigenvalue weighted by Crippen LogP contribution is 2.35. The van der Waals surface area contributed by atoms with Crippen LogP contribution in [0.3, 0.4) is 0 Å². The zero-order valence-corrected chi connectivity index (χ0v) is 15.6. The number of fused-ring (bicyclic) bond motifs is 1. The molecule has 0 aromatic heterocycles. The SMILES string of the molecule is COc1cc(OC)c(C(C)C)cc1C(=O)N1Cc2ccc(C)cc2C1. The first-order chi connectivity index (χ1) is 11.9. The summed E-state index contributed by atoms with van der Waals surface area (Å²) in [4.78, 5) is 15.0. The highest BCUT2D eigenvalue weighted by Gasteiger charge is 2.27. The van der Waals surface area contributed by atoms with Crippen LogP contribution in [-0.2, 0) is 13.1 Å². The number of hydrogen-bond acceptors (Lipinski definition) is 3. The van der Waals surface area contributed by atoms with Crippen molar-refractivity contribution in [1.29, 1.82) is 0 Å². The van der Waals surface area contributed by atoms with Crippen LogP contribution in [0.15, 0.2) is 30.3 Å². The number of carbonyl (C=O) groups is 1. The van der Waals surface area contributed by atoms with Crippen LogP contribution in [0.1, 0.15) is 52.4 Å². The number of ether oxygens (including phenoxy) is 2. The van der Waals surface area contributed by atoms with Crippen LogP contribution in [0, 0.1) is 6.92 Å². The summed E-state index contributed by atoms with van der Waals surface area (Å²) in [5.74, 6) is 1.56. The summed E-state index contributed by atoms with van der Waals surface area (Å²) >= 11 is 0. The Bertz CT molecular complexity index is 811. The van der Waals surface area contributed by atoms with Gasteiger partial charge in [0.15, 0.2) is 0 Å². The highest BCUT2D eigenvalue weighted by atomic mass is 16.5. The van der Waals surface area contributed by atoms with Gasteiger partial charge in [0.25, 0.3) is 5.91 Å². The molecule has 25 heavy (non-hydrogen) atoms. The predicted octanol–water partition coefficient (Wildman–Crippen LogP) is 4.29. The largest absolute Gasteiger partial charge is 0.496 e. The van der Waals surface area contributed by atoms with Crippen LogP contribution in [0.2, 0.25) is 0 Å². The van der Waals surface area contributed by atoms with Gasteiger partial charge in [-0.05, 0) is 35.6 Å². The van der Waals surface area contributed by atoms with Gasteiger partial charge in [0, 0.05) is 19.2 Å². The molecular weight excluding hydrogens is 314 g/mol. The fraction of sp³-hybridized carbons (Fsp3) is 0.381. The quantitative estimate of drug-likeness (QED) is 0.834. The monoisotopic (exact) mass is 339 g/mol. The van der Waals surface area contributed by atoms with E-state index in [0.29, 0.717) is 24.4 Å². The molecule has 4 heteroatoms. The second kappa shape index (κ2) is 6.79. The molecule has 0 N–H and O–H groups in total. The Hall–Kier alpha value is -2.49. The Balaban J connectivity index is 1.96. The minimum absolute atomic E-state index is 0.00439. The molecular formula is C21H25NO3. The number of amides is 1. The van der Waals surface area contributed by atoms with Gasteiger partial charge in [0.05, 0.1) is 19.8 Å². The van der Waals surface area contributed by atoms with Crippen LogP contribution in [0.4, 0.5) is 0 Å². The highest BCUT2D eigenvalue weighted by molar-refractivity contribution is 5.97. The van der Waals surface area contributed by atoms with Crippen molar-refractivity contribution in [3.05, 3.63) is 58.1 Å². The fourth-order valence-corrected chi connectivity index (χ4v) is 3.38. The molecule has 0 saturated heterocycles. The maximum atomic E-state index is 13.2. The van der Waals surface area contributed by atoms with Crippen LogP contribution < -0.4 is 9.47 Å². The molecule has 0 aliphatic carbocycles. The van der Waals surface area contributed by atoms with Crippen LogP contribution in [0.5, 0.6) is 11.5 Å². The number of aryl methyl sites for hydroxylation is 1. The van der Waals surface area contributed by atoms with E-state index in [2.05, 4.69) is 39.0 Å². The van der Waals surface area contributed by atoms with E-state index in [9.17, 15) is 4.79 Å². The molecule has 0 radical (unpaired) electrons. The van der Waals surface area contributed by atoms with Gasteiger partial charge in [0.1, 0.15) is 11.5 Å². The van der Waals surface area contributed by atoms with Crippen LogP contribution >= 0.6 is 0 Å². The summed E-state index contributed by atoms with van der Waals surface area (Å²) < 4.78 is 10.9. The predicted molar refractivity (Wildman–Crippen MR) is 98.4 cm³/mol. The van der Waals surface area contributed by atoms with Crippen molar-refractivity contribution in [2.24, 2.45) is 0 Å². The van der Waals surface area contributed by atoms with E-state index in [-0.39, 0.29) is 11.8 Å². The third-order valence-corrected chi connectivity index (χ3v) is 4.78. The molecule has 0 spiro atoms. The molecule has 1 aliphatic heterocycles. The van der Waals surface area contributed by atoms with E-state index in [1.54, 1.807) is 14.2 Å². The third kappa shape index (κ3) is 3.21. The van der Waals surface area contributed by atoms with Crippen molar-refractivity contribution < 1.29 is 14.3 Å². The smallest absolute Gasteiger partial charge is 0.258 e. The van der Waals surface area contributed by atoms with Crippen LogP contribution in [0.25, 0.3) is 0 Å². The first-order valence-electron chi connectivity index (χ1n) is 8.58. The number of rotatable bonds is 4. The molecule has 1 amide bonds. The number of methoxy groups -OCH3 is 2. The number of benzene rings is 2. The zero-order chi connectivity index (χ0) is 18.1. The molecule has 0 bridgehead atoms. The molecule has 3 rings (SSSR count). The van der Waals surface area contributed by atoms with Gasteiger partial charge in [0.2, 0.25) is 0 Å². The summed E-state index contributed by atoms with van der Waals surface area (Å²) in [5.41, 5.74) is 5.27. The van der Waals surface area contributed by atoms with Crippen molar-refractivity contribution in [2.75, 3.05) is 14.2 Å². The summed E-state index contributed by atoms with van der Waals surface area (Å²) in [7, 11) is 3.23. The van der Waals surface area contributed by atoms with Crippen molar-refractivity contribution in [3.8, 4) is 11.5 Å². The van der Waals surface area contributed by atoms with Gasteiger partial charge in [-0.15, -0.1) is 0 Å². The molecule has 0 unspecified atom stereocenters. The fourth-order valence-electron chi connectivity index (χ4n) is 3.38. The molecule has 1 heterocycles. The Kier molecular flexibility index (Phi) is 4.71. The van der Waals surface area contributed by atoms with Crippen molar-refractivity contribution in [3.63, 3.8) is 0 Å². The van der Waals surface area contributed by atoms with Crippen molar-refractivity contribution in [2.45, 2.75) is 39.8 Å². The minimum Gasteiger partial charge on any atom is -0.496 e. The number of hydrogen-bond donors (Lipinski definition) is 0. The van der Waals surface area contributed by atoms with Crippen LogP contribution in [-0.4, -0.2) is 25.0 Å². The molecule has 0 atom stereocenters. The van der Waals surface area contributed by atoms with Crippen molar-refractivity contribution in [1.82, 2.24) is 4.90 Å². The lowest BCUT2D eigenvalue weighted by atomic mass is 9.98. The standard InChI is InChI=1S/C21H25NO3/c1-13(2)17-9-18(20(25-5)10-19(17)24-4)21(23)22-11-15-7-6-14(3)8-16(15)12-22/h6-10,13H,11-12H2,1-5H3. The van der Waals surface area contributed by atoms with Gasteiger partial charge < -0.3 is 14.4 Å². The molecule has 0 saturated carbocycles. The lowest BCUT2D eigenvalue weighted by Gasteiger charge is -2.20. The van der Waals surface area contributed by atoms with E-state index in [1.165, 1.54) is 16.7 Å². The summed E-state index contributed by atoms with van der Waals surface area (Å²) in [6.45, 7) is 7.54. The van der Waals surface area contributed by atoms with Gasteiger partial charge >= 0.3 is 0 Å². The van der Waals surface area contributed by atoms with E-state index in [1.807, 2.05) is 17.0 Å². The lowest BCUT2D eigenvalue weighted by molar-refractivity contribution is 0.0747. The molecule has 2 aromatic rings. The molecule has 132 valence electrons. The van der Waals surface area contributed by atoms with Gasteiger partial charge in [-0.2, -0.15) is 0 Å². The maximum absolute atomic E-state index is 13.2. The first kappa shape index (κ1) is 17.3. The molecule has 0 fully saturated rings. The summed E-state index contributed by atoms with van der Waals surface area (Å²) in [6.07, 6.45) is 0. The number of carbonyl (C=O) groups excluding carboxylic acids is 1. The maximum Gasteiger partial charge on any atom is 0.258 e. The molecule has 2 aromatic carbocycles. The zero-order valence-electron chi connectivity index (χ0n) is 15.6. The topological polar surface area (TPSA) is 38.8 Å². The van der Waals surface area contributed by atoms with Gasteiger partial charge in [-0.25, -0.2) is 0 Å². The Labute approximate surface area is 149 Å². The second-order valence-electron chi connectivity index (χ2n) is 6.88. The minimum atomic E-state index is -0.00439. The molecule has 4 nitrogen and oxygen atoms in total. The van der Waals surface area contributed by atoms with Gasteiger partial charge in [-0.3, -0.25) is 4.79 Å². The Morgan fingerprint density at radius 3 is 2.32 bits per heavy atom. The van der Waals surface area contributed by atoms with E-state index < -0.39 is 0 Å². The summed E-state index contributed by atoms with van der Waals surface area (Å²) in [6, 6.07) is 10.1. The van der Waals surface area contributed by atoms with E-state index in [4.69, 9.17) is 9.47 Å². The molecule has 1 aliphatic rings.